The molecule has 1 fully saturated rings. The van der Waals surface area contributed by atoms with E-state index in [2.05, 4.69) is 10.2 Å². The van der Waals surface area contributed by atoms with Crippen LogP contribution < -0.4 is 11.5 Å². The van der Waals surface area contributed by atoms with Crippen molar-refractivity contribution in [2.75, 3.05) is 12.3 Å². The number of hydrogen-bond acceptors (Lipinski definition) is 6. The molecule has 1 saturated heterocycles. The number of rotatable bonds is 5. The monoisotopic (exact) mass is 358 g/mol. The van der Waals surface area contributed by atoms with Gasteiger partial charge in [-0.2, -0.15) is 5.10 Å². The fourth-order valence-electron chi connectivity index (χ4n) is 3.11. The zero-order valence-corrected chi connectivity index (χ0v) is 14.7. The van der Waals surface area contributed by atoms with Crippen molar-refractivity contribution in [1.29, 1.82) is 0 Å². The molecule has 0 radical (unpaired) electrons. The van der Waals surface area contributed by atoms with Crippen molar-refractivity contribution in [2.45, 2.75) is 32.5 Å². The number of aryl methyl sites for hydroxylation is 1. The van der Waals surface area contributed by atoms with Gasteiger partial charge in [-0.25, -0.2) is 4.79 Å². The lowest BCUT2D eigenvalue weighted by Crippen LogP contribution is -2.18. The highest BCUT2D eigenvalue weighted by Gasteiger charge is 2.37. The van der Waals surface area contributed by atoms with Crippen LogP contribution in [-0.2, 0) is 9.47 Å². The summed E-state index contributed by atoms with van der Waals surface area (Å²) in [7, 11) is 0. The molecule has 8 nitrogen and oxygen atoms in total. The molecule has 2 aromatic rings. The van der Waals surface area contributed by atoms with Gasteiger partial charge in [0.1, 0.15) is 12.7 Å². The van der Waals surface area contributed by atoms with Gasteiger partial charge in [0.05, 0.1) is 23.0 Å². The van der Waals surface area contributed by atoms with Crippen LogP contribution in [0.3, 0.4) is 0 Å². The molecule has 3 atom stereocenters. The second kappa shape index (κ2) is 7.17. The number of nitrogens with one attached hydrogen (secondary N) is 1. The molecule has 1 amide bonds. The van der Waals surface area contributed by atoms with Gasteiger partial charge in [-0.05, 0) is 31.4 Å². The lowest BCUT2D eigenvalue weighted by molar-refractivity contribution is -0.0125. The van der Waals surface area contributed by atoms with E-state index < -0.39 is 5.91 Å². The van der Waals surface area contributed by atoms with E-state index in [0.717, 1.165) is 5.56 Å². The smallest absolute Gasteiger partial charge is 0.338 e. The number of nitrogen functional groups attached to an aromatic ring is 1. The third-order valence-corrected chi connectivity index (χ3v) is 4.53. The topological polar surface area (TPSA) is 133 Å². The van der Waals surface area contributed by atoms with Crippen molar-refractivity contribution < 1.29 is 19.1 Å². The molecule has 1 aliphatic heterocycles. The van der Waals surface area contributed by atoms with Crippen LogP contribution in [0.1, 0.15) is 51.6 Å². The Morgan fingerprint density at radius 1 is 1.35 bits per heavy atom. The number of esters is 1. The number of anilines is 1. The largest absolute Gasteiger partial charge is 0.459 e. The Balaban J connectivity index is 1.61. The van der Waals surface area contributed by atoms with Crippen molar-refractivity contribution in [1.82, 2.24) is 10.2 Å². The van der Waals surface area contributed by atoms with Gasteiger partial charge < -0.3 is 20.9 Å². The van der Waals surface area contributed by atoms with Crippen molar-refractivity contribution in [3.63, 3.8) is 0 Å². The first kappa shape index (κ1) is 17.9. The van der Waals surface area contributed by atoms with Gasteiger partial charge in [0.15, 0.2) is 5.69 Å². The van der Waals surface area contributed by atoms with Gasteiger partial charge in [-0.1, -0.05) is 24.6 Å². The Morgan fingerprint density at radius 3 is 2.65 bits per heavy atom. The van der Waals surface area contributed by atoms with Gasteiger partial charge in [-0.15, -0.1) is 0 Å². The second-order valence-electron chi connectivity index (χ2n) is 6.62. The van der Waals surface area contributed by atoms with E-state index in [-0.39, 0.29) is 42.1 Å². The Morgan fingerprint density at radius 2 is 2.04 bits per heavy atom. The molecule has 1 aliphatic rings. The van der Waals surface area contributed by atoms with Crippen molar-refractivity contribution in [3.8, 4) is 0 Å². The number of primary amides is 1. The first-order chi connectivity index (χ1) is 12.4. The molecule has 0 bridgehead atoms. The van der Waals surface area contributed by atoms with E-state index in [1.54, 1.807) is 12.1 Å². The van der Waals surface area contributed by atoms with Gasteiger partial charge in [0, 0.05) is 0 Å². The number of nitrogens with zero attached hydrogens (tertiary/aromatic N) is 1. The zero-order valence-electron chi connectivity index (χ0n) is 14.7. The molecule has 8 heteroatoms. The average Bonchev–Trinajstić information content (AvgIpc) is 3.15. The van der Waals surface area contributed by atoms with Gasteiger partial charge in [0.25, 0.3) is 5.91 Å². The fraction of sp³-hybridized carbons (Fsp3) is 0.389. The molecule has 3 rings (SSSR count). The summed E-state index contributed by atoms with van der Waals surface area (Å²) >= 11 is 0. The predicted molar refractivity (Wildman–Crippen MR) is 94.4 cm³/mol. The number of hydrogen-bond donors (Lipinski definition) is 3. The van der Waals surface area contributed by atoms with Gasteiger partial charge in [0.2, 0.25) is 0 Å². The number of aromatic nitrogens is 2. The van der Waals surface area contributed by atoms with Crippen molar-refractivity contribution in [3.05, 3.63) is 46.8 Å². The molecule has 1 aromatic heterocycles. The Hall–Kier alpha value is -2.87. The van der Waals surface area contributed by atoms with E-state index in [1.807, 2.05) is 26.0 Å². The van der Waals surface area contributed by atoms with Crippen LogP contribution in [0.5, 0.6) is 0 Å². The number of nitrogens with two attached hydrogens (primary N) is 2. The molecule has 0 saturated carbocycles. The van der Waals surface area contributed by atoms with Crippen LogP contribution in [0.2, 0.25) is 0 Å². The quantitative estimate of drug-likeness (QED) is 0.697. The van der Waals surface area contributed by atoms with Crippen molar-refractivity contribution >= 4 is 17.6 Å². The first-order valence-corrected chi connectivity index (χ1v) is 8.39. The van der Waals surface area contributed by atoms with Crippen LogP contribution in [0.25, 0.3) is 0 Å². The second-order valence-corrected chi connectivity index (χ2v) is 6.62. The van der Waals surface area contributed by atoms with Crippen molar-refractivity contribution in [2.24, 2.45) is 11.7 Å². The Bertz CT molecular complexity index is 815. The third kappa shape index (κ3) is 3.55. The Labute approximate surface area is 150 Å². The number of benzene rings is 1. The minimum absolute atomic E-state index is 0.00467. The third-order valence-electron chi connectivity index (χ3n) is 4.53. The maximum absolute atomic E-state index is 12.1. The van der Waals surface area contributed by atoms with E-state index in [1.165, 1.54) is 0 Å². The molecule has 0 unspecified atom stereocenters. The highest BCUT2D eigenvalue weighted by atomic mass is 16.6. The minimum Gasteiger partial charge on any atom is -0.459 e. The van der Waals surface area contributed by atoms with E-state index in [4.69, 9.17) is 20.9 Å². The summed E-state index contributed by atoms with van der Waals surface area (Å²) in [4.78, 5) is 23.4. The van der Waals surface area contributed by atoms with E-state index in [0.29, 0.717) is 17.7 Å². The molecule has 0 spiro atoms. The summed E-state index contributed by atoms with van der Waals surface area (Å²) in [6, 6.07) is 7.18. The lowest BCUT2D eigenvalue weighted by Gasteiger charge is -2.15. The predicted octanol–water partition coefficient (Wildman–Crippen LogP) is 1.72. The molecule has 26 heavy (non-hydrogen) atoms. The van der Waals surface area contributed by atoms with Crippen LogP contribution in [-0.4, -0.2) is 34.8 Å². The number of aromatic amines is 1. The molecular weight excluding hydrogens is 336 g/mol. The normalized spacial score (nSPS) is 22.3. The van der Waals surface area contributed by atoms with Gasteiger partial charge in [-0.3, -0.25) is 9.89 Å². The van der Waals surface area contributed by atoms with Gasteiger partial charge >= 0.3 is 5.97 Å². The number of H-pyrrole nitrogens is 1. The summed E-state index contributed by atoms with van der Waals surface area (Å²) in [6.45, 7) is 4.09. The zero-order chi connectivity index (χ0) is 18.8. The lowest BCUT2D eigenvalue weighted by atomic mass is 9.98. The standard InChI is InChI=1S/C18H22N4O4/c1-9-3-5-11(6-4-9)18(24)25-8-12-7-10(2)16(26-12)14-13(19)15(17(20)23)22-21-14/h3-6,10,12,16H,7-8,19H2,1-2H3,(H2,20,23)(H,21,22)/t10-,12-,16+/m0/s1. The van der Waals surface area contributed by atoms with E-state index >= 15 is 0 Å². The highest BCUT2D eigenvalue weighted by Crippen LogP contribution is 2.39. The summed E-state index contributed by atoms with van der Waals surface area (Å²) in [5.41, 5.74) is 13.5. The van der Waals surface area contributed by atoms with Crippen LogP contribution >= 0.6 is 0 Å². The molecular formula is C18H22N4O4. The SMILES string of the molecule is Cc1ccc(C(=O)OC[C@@H]2C[C@H](C)[C@H](c3[nH]nc(C(N)=O)c3N)O2)cc1. The maximum atomic E-state index is 12.1. The summed E-state index contributed by atoms with van der Waals surface area (Å²) < 4.78 is 11.3. The summed E-state index contributed by atoms with van der Waals surface area (Å²) in [6.07, 6.45) is 0.0683. The summed E-state index contributed by atoms with van der Waals surface area (Å²) in [5.74, 6) is -0.970. The number of ether oxygens (including phenoxy) is 2. The number of carbonyl (C=O) groups excluding carboxylic acids is 2. The van der Waals surface area contributed by atoms with Crippen LogP contribution in [0, 0.1) is 12.8 Å². The fourth-order valence-corrected chi connectivity index (χ4v) is 3.11. The highest BCUT2D eigenvalue weighted by molar-refractivity contribution is 5.96. The maximum Gasteiger partial charge on any atom is 0.338 e. The number of carbonyl (C=O) groups is 2. The van der Waals surface area contributed by atoms with Crippen LogP contribution in [0.15, 0.2) is 24.3 Å². The molecule has 5 N–H and O–H groups in total. The minimum atomic E-state index is -0.695. The molecule has 138 valence electrons. The van der Waals surface area contributed by atoms with Crippen LogP contribution in [0.4, 0.5) is 5.69 Å². The molecule has 0 aliphatic carbocycles. The Kier molecular flexibility index (Phi) is 4.94. The molecule has 2 heterocycles. The first-order valence-electron chi connectivity index (χ1n) is 8.39. The summed E-state index contributed by atoms with van der Waals surface area (Å²) in [5, 5.41) is 6.59. The van der Waals surface area contributed by atoms with E-state index in [9.17, 15) is 9.59 Å². The number of amides is 1. The molecule has 1 aromatic carbocycles. The average molecular weight is 358 g/mol.